The van der Waals surface area contributed by atoms with Gasteiger partial charge in [-0.25, -0.2) is 0 Å². The van der Waals surface area contributed by atoms with Crippen LogP contribution in [0.15, 0.2) is 16.7 Å². The average molecular weight is 332 g/mol. The summed E-state index contributed by atoms with van der Waals surface area (Å²) in [6.45, 7) is 2.89. The molecule has 8 heteroatoms. The fourth-order valence-corrected chi connectivity index (χ4v) is 2.90. The molecule has 2 rings (SSSR count). The van der Waals surface area contributed by atoms with Gasteiger partial charge < -0.3 is 14.6 Å². The number of rotatable bonds is 3. The number of hydrogen-bond donors (Lipinski definition) is 1. The van der Waals surface area contributed by atoms with E-state index in [0.717, 1.165) is 4.90 Å². The topological polar surface area (TPSA) is 62.6 Å². The number of aryl methyl sites for hydroxylation is 1. The Kier molecular flexibility index (Phi) is 5.01. The molecular formula is C15H19F3N2O3. The first-order valence-electron chi connectivity index (χ1n) is 7.45. The Morgan fingerprint density at radius 1 is 1.39 bits per heavy atom. The smallest absolute Gasteiger partial charge is 0.408 e. The maximum atomic E-state index is 13.3. The summed E-state index contributed by atoms with van der Waals surface area (Å²) in [6.07, 6.45) is -2.86. The normalized spacial score (nSPS) is 22.0. The lowest BCUT2D eigenvalue weighted by molar-refractivity contribution is -0.184. The Balaban J connectivity index is 2.27. The summed E-state index contributed by atoms with van der Waals surface area (Å²) in [5.74, 6) is -0.684. The van der Waals surface area contributed by atoms with Crippen molar-refractivity contribution in [2.45, 2.75) is 51.4 Å². The van der Waals surface area contributed by atoms with E-state index in [1.54, 1.807) is 6.92 Å². The van der Waals surface area contributed by atoms with E-state index in [-0.39, 0.29) is 30.9 Å². The van der Waals surface area contributed by atoms with E-state index < -0.39 is 24.2 Å². The van der Waals surface area contributed by atoms with Gasteiger partial charge in [-0.05, 0) is 18.9 Å². The summed E-state index contributed by atoms with van der Waals surface area (Å²) >= 11 is 0. The predicted octanol–water partition coefficient (Wildman–Crippen LogP) is 2.51. The van der Waals surface area contributed by atoms with Gasteiger partial charge in [0.2, 0.25) is 5.91 Å². The Morgan fingerprint density at radius 3 is 2.65 bits per heavy atom. The number of halogens is 3. The molecule has 1 aliphatic rings. The molecule has 2 atom stereocenters. The third kappa shape index (κ3) is 3.86. The molecule has 23 heavy (non-hydrogen) atoms. The first-order valence-corrected chi connectivity index (χ1v) is 7.45. The van der Waals surface area contributed by atoms with Crippen molar-refractivity contribution in [1.82, 2.24) is 10.2 Å². The van der Waals surface area contributed by atoms with Crippen LogP contribution < -0.4 is 5.32 Å². The molecule has 1 N–H and O–H groups in total. The number of likely N-dealkylation sites (tertiary alicyclic amines) is 1. The monoisotopic (exact) mass is 332 g/mol. The van der Waals surface area contributed by atoms with Crippen LogP contribution in [0.1, 0.15) is 42.8 Å². The van der Waals surface area contributed by atoms with Gasteiger partial charge in [-0.1, -0.05) is 6.92 Å². The van der Waals surface area contributed by atoms with E-state index in [9.17, 15) is 22.8 Å². The molecule has 0 aliphatic carbocycles. The molecule has 1 saturated heterocycles. The fourth-order valence-electron chi connectivity index (χ4n) is 2.90. The number of carbonyl (C=O) groups is 2. The van der Waals surface area contributed by atoms with Gasteiger partial charge in [0.05, 0.1) is 11.8 Å². The molecular weight excluding hydrogens is 313 g/mol. The first kappa shape index (κ1) is 17.4. The largest absolute Gasteiger partial charge is 0.469 e. The molecule has 0 aromatic carbocycles. The fraction of sp³-hybridized carbons (Fsp3) is 0.600. The highest BCUT2D eigenvalue weighted by Crippen LogP contribution is 2.33. The van der Waals surface area contributed by atoms with Crippen LogP contribution in [0, 0.1) is 0 Å². The first-order chi connectivity index (χ1) is 10.7. The molecule has 1 fully saturated rings. The van der Waals surface area contributed by atoms with Gasteiger partial charge in [0.1, 0.15) is 11.8 Å². The minimum absolute atomic E-state index is 0.144. The summed E-state index contributed by atoms with van der Waals surface area (Å²) < 4.78 is 44.9. The van der Waals surface area contributed by atoms with Crippen LogP contribution in [-0.2, 0) is 11.2 Å². The van der Waals surface area contributed by atoms with Crippen molar-refractivity contribution in [2.24, 2.45) is 0 Å². The summed E-state index contributed by atoms with van der Waals surface area (Å²) in [5, 5.41) is 2.59. The Hall–Kier alpha value is -1.99. The van der Waals surface area contributed by atoms with Crippen LogP contribution in [0.4, 0.5) is 13.2 Å². The number of amides is 2. The van der Waals surface area contributed by atoms with Crippen LogP contribution in [-0.4, -0.2) is 41.5 Å². The van der Waals surface area contributed by atoms with E-state index in [4.69, 9.17) is 4.42 Å². The number of hydrogen-bond acceptors (Lipinski definition) is 3. The minimum Gasteiger partial charge on any atom is -0.469 e. The zero-order valence-electron chi connectivity index (χ0n) is 12.9. The average Bonchev–Trinajstić information content (AvgIpc) is 2.93. The van der Waals surface area contributed by atoms with Crippen LogP contribution in [0.5, 0.6) is 0 Å². The molecule has 5 nitrogen and oxygen atoms in total. The molecule has 0 saturated carbocycles. The van der Waals surface area contributed by atoms with E-state index >= 15 is 0 Å². The van der Waals surface area contributed by atoms with Crippen LogP contribution in [0.3, 0.4) is 0 Å². The van der Waals surface area contributed by atoms with Crippen molar-refractivity contribution < 1.29 is 27.2 Å². The second-order valence-electron chi connectivity index (χ2n) is 5.60. The van der Waals surface area contributed by atoms with Crippen molar-refractivity contribution in [3.8, 4) is 0 Å². The lowest BCUT2D eigenvalue weighted by atomic mass is 9.96. The number of alkyl halides is 3. The third-order valence-electron chi connectivity index (χ3n) is 3.92. The summed E-state index contributed by atoms with van der Waals surface area (Å²) in [7, 11) is 0. The van der Waals surface area contributed by atoms with E-state index in [2.05, 4.69) is 5.32 Å². The van der Waals surface area contributed by atoms with Crippen molar-refractivity contribution in [3.63, 3.8) is 0 Å². The van der Waals surface area contributed by atoms with Crippen molar-refractivity contribution in [2.75, 3.05) is 6.54 Å². The highest BCUT2D eigenvalue weighted by molar-refractivity contribution is 5.95. The predicted molar refractivity (Wildman–Crippen MR) is 75.8 cm³/mol. The molecule has 0 unspecified atom stereocenters. The highest BCUT2D eigenvalue weighted by Gasteiger charge is 2.48. The number of nitrogens with one attached hydrogen (secondary N) is 1. The Morgan fingerprint density at radius 2 is 2.09 bits per heavy atom. The lowest BCUT2D eigenvalue weighted by Gasteiger charge is -2.40. The van der Waals surface area contributed by atoms with Gasteiger partial charge >= 0.3 is 6.18 Å². The van der Waals surface area contributed by atoms with Gasteiger partial charge in [-0.3, -0.25) is 9.59 Å². The number of piperidine rings is 1. The van der Waals surface area contributed by atoms with Crippen LogP contribution in [0.25, 0.3) is 0 Å². The second kappa shape index (κ2) is 6.64. The van der Waals surface area contributed by atoms with Crippen LogP contribution in [0.2, 0.25) is 0 Å². The molecule has 0 spiro atoms. The van der Waals surface area contributed by atoms with E-state index in [1.807, 2.05) is 0 Å². The molecule has 0 bridgehead atoms. The summed E-state index contributed by atoms with van der Waals surface area (Å²) in [4.78, 5) is 24.5. The number of nitrogens with zero attached hydrogens (tertiary/aromatic N) is 1. The lowest BCUT2D eigenvalue weighted by Crippen LogP contribution is -2.58. The zero-order valence-corrected chi connectivity index (χ0v) is 12.9. The van der Waals surface area contributed by atoms with E-state index in [0.29, 0.717) is 12.2 Å². The molecule has 0 radical (unpaired) electrons. The molecule has 1 aromatic rings. The van der Waals surface area contributed by atoms with Gasteiger partial charge in [0.25, 0.3) is 5.91 Å². The summed E-state index contributed by atoms with van der Waals surface area (Å²) in [6, 6.07) is -0.942. The molecule has 128 valence electrons. The van der Waals surface area contributed by atoms with Gasteiger partial charge in [-0.2, -0.15) is 13.2 Å². The van der Waals surface area contributed by atoms with Gasteiger partial charge in [-0.15, -0.1) is 0 Å². The summed E-state index contributed by atoms with van der Waals surface area (Å²) in [5.41, 5.74) is 0.144. The zero-order chi connectivity index (χ0) is 17.2. The number of carbonyl (C=O) groups excluding carboxylic acids is 2. The molecule has 1 aliphatic heterocycles. The second-order valence-corrected chi connectivity index (χ2v) is 5.60. The van der Waals surface area contributed by atoms with Crippen molar-refractivity contribution in [1.29, 1.82) is 0 Å². The van der Waals surface area contributed by atoms with Crippen LogP contribution >= 0.6 is 0 Å². The number of furan rings is 1. The maximum absolute atomic E-state index is 13.3. The molecule has 2 amide bonds. The SMILES string of the molecule is CCc1occc1C(=O)N1C[C@H](NC(C)=O)CC[C@H]1C(F)(F)F. The standard InChI is InChI=1S/C15H19F3N2O3/c1-3-12-11(6-7-23-12)14(22)20-8-10(19-9(2)21)4-5-13(20)15(16,17)18/h6-7,10,13H,3-5,8H2,1-2H3,(H,19,21)/t10-,13+/m1/s1. The van der Waals surface area contributed by atoms with Gasteiger partial charge in [0.15, 0.2) is 0 Å². The van der Waals surface area contributed by atoms with Crippen molar-refractivity contribution >= 4 is 11.8 Å². The quantitative estimate of drug-likeness (QED) is 0.925. The molecule has 1 aromatic heterocycles. The Labute approximate surface area is 131 Å². The van der Waals surface area contributed by atoms with Crippen molar-refractivity contribution in [3.05, 3.63) is 23.7 Å². The van der Waals surface area contributed by atoms with E-state index in [1.165, 1.54) is 19.3 Å². The third-order valence-corrected chi connectivity index (χ3v) is 3.92. The molecule has 2 heterocycles. The Bertz CT molecular complexity index is 583. The van der Waals surface area contributed by atoms with Gasteiger partial charge in [0, 0.05) is 25.9 Å². The maximum Gasteiger partial charge on any atom is 0.408 e. The highest BCUT2D eigenvalue weighted by atomic mass is 19.4. The minimum atomic E-state index is -4.51.